The highest BCUT2D eigenvalue weighted by Gasteiger charge is 2.08. The van der Waals surface area contributed by atoms with Crippen LogP contribution in [0.2, 0.25) is 0 Å². The van der Waals surface area contributed by atoms with Gasteiger partial charge in [0.2, 0.25) is 0 Å². The van der Waals surface area contributed by atoms with Crippen LogP contribution in [0.5, 0.6) is 0 Å². The van der Waals surface area contributed by atoms with Crippen LogP contribution < -0.4 is 5.32 Å². The molecule has 0 aromatic carbocycles. The third kappa shape index (κ3) is 3.58. The lowest BCUT2D eigenvalue weighted by atomic mass is 10.2. The zero-order valence-corrected chi connectivity index (χ0v) is 11.1. The lowest BCUT2D eigenvalue weighted by molar-refractivity contribution is 0.158. The second kappa shape index (κ2) is 6.43. The average Bonchev–Trinajstić information content (AvgIpc) is 2.57. The molecule has 1 rings (SSSR count). The number of ether oxygens (including phenoxy) is 1. The van der Waals surface area contributed by atoms with Gasteiger partial charge in [-0.25, -0.2) is 0 Å². The molecule has 0 saturated carbocycles. The maximum absolute atomic E-state index is 8.93. The first-order chi connectivity index (χ1) is 8.10. The summed E-state index contributed by atoms with van der Waals surface area (Å²) in [5.41, 5.74) is 3.05. The van der Waals surface area contributed by atoms with Gasteiger partial charge in [0.15, 0.2) is 0 Å². The van der Waals surface area contributed by atoms with Crippen molar-refractivity contribution in [2.75, 3.05) is 20.3 Å². The molecule has 1 aromatic rings. The molecule has 17 heavy (non-hydrogen) atoms. The van der Waals surface area contributed by atoms with Gasteiger partial charge in [-0.2, -0.15) is 5.26 Å². The number of aromatic nitrogens is 1. The zero-order valence-electron chi connectivity index (χ0n) is 11.1. The van der Waals surface area contributed by atoms with E-state index in [1.54, 1.807) is 7.11 Å². The predicted octanol–water partition coefficient (Wildman–Crippen LogP) is 1.58. The highest BCUT2D eigenvalue weighted by atomic mass is 16.5. The van der Waals surface area contributed by atoms with E-state index in [0.717, 1.165) is 25.4 Å². The Labute approximate surface area is 103 Å². The summed E-state index contributed by atoms with van der Waals surface area (Å²) in [6, 6.07) is 4.14. The van der Waals surface area contributed by atoms with Gasteiger partial charge in [-0.05, 0) is 24.5 Å². The summed E-state index contributed by atoms with van der Waals surface area (Å²) in [6.45, 7) is 6.68. The summed E-state index contributed by atoms with van der Waals surface area (Å²) in [7, 11) is 3.64. The minimum atomic E-state index is 0.499. The molecular formula is C13H21N3O. The largest absolute Gasteiger partial charge is 0.384 e. The monoisotopic (exact) mass is 235 g/mol. The second-order valence-electron chi connectivity index (χ2n) is 4.50. The SMILES string of the molecule is COCC(C)CNCc1cc(C#N)n(C)c1C. The molecular weight excluding hydrogens is 214 g/mol. The molecule has 4 nitrogen and oxygen atoms in total. The molecule has 0 aliphatic carbocycles. The number of hydrogen-bond acceptors (Lipinski definition) is 3. The van der Waals surface area contributed by atoms with E-state index in [1.165, 1.54) is 5.56 Å². The first kappa shape index (κ1) is 13.8. The van der Waals surface area contributed by atoms with Crippen molar-refractivity contribution in [3.63, 3.8) is 0 Å². The van der Waals surface area contributed by atoms with Crippen molar-refractivity contribution in [2.45, 2.75) is 20.4 Å². The molecule has 0 bridgehead atoms. The van der Waals surface area contributed by atoms with Crippen LogP contribution in [0.4, 0.5) is 0 Å². The Kier molecular flexibility index (Phi) is 5.20. The molecule has 0 fully saturated rings. The van der Waals surface area contributed by atoms with E-state index in [2.05, 4.69) is 18.3 Å². The summed E-state index contributed by atoms with van der Waals surface area (Å²) in [5, 5.41) is 12.3. The van der Waals surface area contributed by atoms with Gasteiger partial charge in [-0.3, -0.25) is 0 Å². The third-order valence-corrected chi connectivity index (χ3v) is 3.01. The highest BCUT2D eigenvalue weighted by Crippen LogP contribution is 2.13. The van der Waals surface area contributed by atoms with Gasteiger partial charge in [0.1, 0.15) is 11.8 Å². The van der Waals surface area contributed by atoms with E-state index in [9.17, 15) is 0 Å². The van der Waals surface area contributed by atoms with E-state index in [4.69, 9.17) is 10.00 Å². The van der Waals surface area contributed by atoms with Crippen molar-refractivity contribution >= 4 is 0 Å². The van der Waals surface area contributed by atoms with Gasteiger partial charge in [0.05, 0.1) is 0 Å². The van der Waals surface area contributed by atoms with Crippen LogP contribution in [0, 0.1) is 24.2 Å². The van der Waals surface area contributed by atoms with E-state index in [1.807, 2.05) is 24.6 Å². The summed E-state index contributed by atoms with van der Waals surface area (Å²) >= 11 is 0. The fourth-order valence-electron chi connectivity index (χ4n) is 1.85. The number of nitrogens with zero attached hydrogens (tertiary/aromatic N) is 2. The van der Waals surface area contributed by atoms with E-state index >= 15 is 0 Å². The second-order valence-corrected chi connectivity index (χ2v) is 4.50. The molecule has 4 heteroatoms. The fraction of sp³-hybridized carbons (Fsp3) is 0.615. The van der Waals surface area contributed by atoms with Crippen LogP contribution in [0.25, 0.3) is 0 Å². The number of methoxy groups -OCH3 is 1. The number of hydrogen-bond donors (Lipinski definition) is 1. The fourth-order valence-corrected chi connectivity index (χ4v) is 1.85. The molecule has 1 N–H and O–H groups in total. The topological polar surface area (TPSA) is 50.0 Å². The average molecular weight is 235 g/mol. The van der Waals surface area contributed by atoms with Gasteiger partial charge >= 0.3 is 0 Å². The molecule has 1 atom stereocenters. The van der Waals surface area contributed by atoms with Crippen molar-refractivity contribution in [3.8, 4) is 6.07 Å². The maximum Gasteiger partial charge on any atom is 0.120 e. The third-order valence-electron chi connectivity index (χ3n) is 3.01. The Hall–Kier alpha value is -1.31. The quantitative estimate of drug-likeness (QED) is 0.814. The van der Waals surface area contributed by atoms with Crippen molar-refractivity contribution in [1.29, 1.82) is 5.26 Å². The molecule has 0 saturated heterocycles. The predicted molar refractivity (Wildman–Crippen MR) is 67.6 cm³/mol. The van der Waals surface area contributed by atoms with Crippen LogP contribution in [0.3, 0.4) is 0 Å². The van der Waals surface area contributed by atoms with Crippen molar-refractivity contribution in [1.82, 2.24) is 9.88 Å². The minimum Gasteiger partial charge on any atom is -0.384 e. The Morgan fingerprint density at radius 2 is 2.29 bits per heavy atom. The summed E-state index contributed by atoms with van der Waals surface area (Å²) in [6.07, 6.45) is 0. The van der Waals surface area contributed by atoms with E-state index in [-0.39, 0.29) is 0 Å². The molecule has 0 radical (unpaired) electrons. The Morgan fingerprint density at radius 3 is 2.82 bits per heavy atom. The number of nitrogens with one attached hydrogen (secondary N) is 1. The van der Waals surface area contributed by atoms with Gasteiger partial charge in [-0.15, -0.1) is 0 Å². The summed E-state index contributed by atoms with van der Waals surface area (Å²) in [4.78, 5) is 0. The molecule has 94 valence electrons. The van der Waals surface area contributed by atoms with Crippen LogP contribution >= 0.6 is 0 Å². The van der Waals surface area contributed by atoms with Gasteiger partial charge in [0.25, 0.3) is 0 Å². The lowest BCUT2D eigenvalue weighted by Gasteiger charge is -2.11. The molecule has 0 aliphatic heterocycles. The van der Waals surface area contributed by atoms with Crippen molar-refractivity contribution in [2.24, 2.45) is 13.0 Å². The van der Waals surface area contributed by atoms with Crippen LogP contribution in [0.1, 0.15) is 23.9 Å². The van der Waals surface area contributed by atoms with E-state index in [0.29, 0.717) is 11.6 Å². The van der Waals surface area contributed by atoms with Gasteiger partial charge in [-0.1, -0.05) is 6.92 Å². The molecule has 0 amide bonds. The van der Waals surface area contributed by atoms with Gasteiger partial charge in [0, 0.05) is 39.5 Å². The summed E-state index contributed by atoms with van der Waals surface area (Å²) < 4.78 is 7.01. The zero-order chi connectivity index (χ0) is 12.8. The van der Waals surface area contributed by atoms with Crippen LogP contribution in [-0.4, -0.2) is 24.8 Å². The van der Waals surface area contributed by atoms with Crippen LogP contribution in [0.15, 0.2) is 6.07 Å². The van der Waals surface area contributed by atoms with Crippen molar-refractivity contribution in [3.05, 3.63) is 23.0 Å². The van der Waals surface area contributed by atoms with E-state index < -0.39 is 0 Å². The Morgan fingerprint density at radius 1 is 1.59 bits per heavy atom. The maximum atomic E-state index is 8.93. The molecule has 1 heterocycles. The van der Waals surface area contributed by atoms with Crippen LogP contribution in [-0.2, 0) is 18.3 Å². The standard InChI is InChI=1S/C13H21N3O/c1-10(9-17-4)7-15-8-12-5-13(6-14)16(3)11(12)2/h5,10,15H,7-9H2,1-4H3. The minimum absolute atomic E-state index is 0.499. The smallest absolute Gasteiger partial charge is 0.120 e. The van der Waals surface area contributed by atoms with Gasteiger partial charge < -0.3 is 14.6 Å². The Bertz CT molecular complexity index is 404. The number of nitriles is 1. The first-order valence-corrected chi connectivity index (χ1v) is 5.85. The lowest BCUT2D eigenvalue weighted by Crippen LogP contribution is -2.23. The first-order valence-electron chi connectivity index (χ1n) is 5.85. The summed E-state index contributed by atoms with van der Waals surface area (Å²) in [5.74, 6) is 0.499. The molecule has 0 spiro atoms. The molecule has 0 aliphatic rings. The highest BCUT2D eigenvalue weighted by molar-refractivity contribution is 5.33. The normalized spacial score (nSPS) is 12.4. The Balaban J connectivity index is 2.50. The van der Waals surface area contributed by atoms with Crippen molar-refractivity contribution < 1.29 is 4.74 Å². The number of rotatable bonds is 6. The molecule has 1 unspecified atom stereocenters. The molecule has 1 aromatic heterocycles.